The highest BCUT2D eigenvalue weighted by Gasteiger charge is 2.31. The second-order valence-electron chi connectivity index (χ2n) is 6.99. The lowest BCUT2D eigenvalue weighted by Crippen LogP contribution is -2.17. The normalized spacial score (nSPS) is 11.4. The van der Waals surface area contributed by atoms with Crippen LogP contribution in [-0.2, 0) is 6.54 Å². The summed E-state index contributed by atoms with van der Waals surface area (Å²) < 4.78 is 40.7. The standard InChI is InChI=1S/C23H18F3N3O2S/c1-14-13-32-21(22(30)29-16-6-8-17(9-7-16)31-23(24,25)26)20(14)28-12-15-10-11-27-19-5-3-2-4-18(15)19/h2-11,13,28H,12H2,1H3,(H,29,30). The van der Waals surface area contributed by atoms with Gasteiger partial charge in [-0.2, -0.15) is 0 Å². The monoisotopic (exact) mass is 457 g/mol. The number of carbonyl (C=O) groups excluding carboxylic acids is 1. The third kappa shape index (κ3) is 5.00. The largest absolute Gasteiger partial charge is 0.573 e. The van der Waals surface area contributed by atoms with Gasteiger partial charge in [-0.1, -0.05) is 18.2 Å². The number of thiophene rings is 1. The first-order valence-corrected chi connectivity index (χ1v) is 10.5. The SMILES string of the molecule is Cc1csc(C(=O)Nc2ccc(OC(F)(F)F)cc2)c1NCc1ccnc2ccccc12. The van der Waals surface area contributed by atoms with E-state index in [0.29, 0.717) is 22.8 Å². The molecule has 2 aromatic heterocycles. The Bertz CT molecular complexity index is 1250. The molecule has 2 N–H and O–H groups in total. The summed E-state index contributed by atoms with van der Waals surface area (Å²) in [6, 6.07) is 14.8. The first-order chi connectivity index (χ1) is 15.3. The van der Waals surface area contributed by atoms with Gasteiger partial charge in [0.25, 0.3) is 5.91 Å². The maximum atomic E-state index is 12.8. The first kappa shape index (κ1) is 21.6. The lowest BCUT2D eigenvalue weighted by molar-refractivity contribution is -0.274. The smallest absolute Gasteiger partial charge is 0.406 e. The molecule has 2 aromatic carbocycles. The Labute approximate surface area is 185 Å². The number of benzene rings is 2. The van der Waals surface area contributed by atoms with Crippen LogP contribution < -0.4 is 15.4 Å². The molecule has 32 heavy (non-hydrogen) atoms. The molecule has 0 radical (unpaired) electrons. The molecule has 5 nitrogen and oxygen atoms in total. The molecular weight excluding hydrogens is 439 g/mol. The van der Waals surface area contributed by atoms with Crippen LogP contribution in [-0.4, -0.2) is 17.3 Å². The summed E-state index contributed by atoms with van der Waals surface area (Å²) in [5.41, 5.74) is 3.94. The Kier molecular flexibility index (Phi) is 6.00. The number of carbonyl (C=O) groups is 1. The summed E-state index contributed by atoms with van der Waals surface area (Å²) in [6.07, 6.45) is -3.01. The van der Waals surface area contributed by atoms with Gasteiger partial charge >= 0.3 is 6.36 Å². The number of nitrogens with zero attached hydrogens (tertiary/aromatic N) is 1. The van der Waals surface area contributed by atoms with Crippen LogP contribution in [0, 0.1) is 6.92 Å². The van der Waals surface area contributed by atoms with E-state index >= 15 is 0 Å². The number of fused-ring (bicyclic) bond motifs is 1. The second-order valence-corrected chi connectivity index (χ2v) is 7.87. The number of para-hydroxylation sites is 1. The number of nitrogens with one attached hydrogen (secondary N) is 2. The third-order valence-electron chi connectivity index (χ3n) is 4.72. The van der Waals surface area contributed by atoms with Gasteiger partial charge in [-0.05, 0) is 59.8 Å². The van der Waals surface area contributed by atoms with E-state index in [0.717, 1.165) is 34.2 Å². The minimum Gasteiger partial charge on any atom is -0.406 e. The second kappa shape index (κ2) is 8.88. The molecule has 164 valence electrons. The van der Waals surface area contributed by atoms with Gasteiger partial charge in [-0.3, -0.25) is 9.78 Å². The molecule has 0 bridgehead atoms. The Morgan fingerprint density at radius 2 is 1.84 bits per heavy atom. The molecule has 0 spiro atoms. The minimum atomic E-state index is -4.76. The number of aromatic nitrogens is 1. The first-order valence-electron chi connectivity index (χ1n) is 9.62. The van der Waals surface area contributed by atoms with Crippen molar-refractivity contribution in [3.8, 4) is 5.75 Å². The molecule has 4 rings (SSSR count). The maximum Gasteiger partial charge on any atom is 0.573 e. The Morgan fingerprint density at radius 3 is 2.59 bits per heavy atom. The summed E-state index contributed by atoms with van der Waals surface area (Å²) >= 11 is 1.29. The van der Waals surface area contributed by atoms with E-state index in [1.165, 1.54) is 23.5 Å². The average molecular weight is 457 g/mol. The summed E-state index contributed by atoms with van der Waals surface area (Å²) in [7, 11) is 0. The molecule has 0 aliphatic carbocycles. The predicted octanol–water partition coefficient (Wildman–Crippen LogP) is 6.37. The van der Waals surface area contributed by atoms with Crippen LogP contribution in [0.3, 0.4) is 0 Å². The van der Waals surface area contributed by atoms with Gasteiger partial charge in [0.05, 0.1) is 11.2 Å². The quantitative estimate of drug-likeness (QED) is 0.353. The number of hydrogen-bond donors (Lipinski definition) is 2. The molecule has 4 aromatic rings. The number of halogens is 3. The number of aryl methyl sites for hydroxylation is 1. The number of pyridine rings is 1. The summed E-state index contributed by atoms with van der Waals surface area (Å²) in [6.45, 7) is 2.41. The molecule has 0 atom stereocenters. The van der Waals surface area contributed by atoms with Crippen LogP contribution in [0.4, 0.5) is 24.5 Å². The number of ether oxygens (including phenoxy) is 1. The molecule has 0 unspecified atom stereocenters. The highest BCUT2D eigenvalue weighted by atomic mass is 32.1. The average Bonchev–Trinajstić information content (AvgIpc) is 3.13. The van der Waals surface area contributed by atoms with Crippen molar-refractivity contribution in [2.75, 3.05) is 10.6 Å². The lowest BCUT2D eigenvalue weighted by Gasteiger charge is -2.12. The Morgan fingerprint density at radius 1 is 1.09 bits per heavy atom. The van der Waals surface area contributed by atoms with Crippen LogP contribution in [0.5, 0.6) is 5.75 Å². The predicted molar refractivity (Wildman–Crippen MR) is 119 cm³/mol. The van der Waals surface area contributed by atoms with E-state index in [1.807, 2.05) is 42.6 Å². The van der Waals surface area contributed by atoms with Crippen LogP contribution in [0.2, 0.25) is 0 Å². The highest BCUT2D eigenvalue weighted by Crippen LogP contribution is 2.30. The lowest BCUT2D eigenvalue weighted by atomic mass is 10.1. The molecule has 2 heterocycles. The molecule has 0 fully saturated rings. The molecule has 9 heteroatoms. The van der Waals surface area contributed by atoms with Crippen LogP contribution in [0.15, 0.2) is 66.2 Å². The summed E-state index contributed by atoms with van der Waals surface area (Å²) in [4.78, 5) is 17.7. The van der Waals surface area contributed by atoms with E-state index in [4.69, 9.17) is 0 Å². The van der Waals surface area contributed by atoms with Crippen molar-refractivity contribution in [2.24, 2.45) is 0 Å². The van der Waals surface area contributed by atoms with E-state index in [9.17, 15) is 18.0 Å². The summed E-state index contributed by atoms with van der Waals surface area (Å²) in [5.74, 6) is -0.705. The molecular formula is C23H18F3N3O2S. The van der Waals surface area contributed by atoms with Crippen LogP contribution in [0.25, 0.3) is 10.9 Å². The van der Waals surface area contributed by atoms with Crippen molar-refractivity contribution in [3.05, 3.63) is 82.2 Å². The number of rotatable bonds is 6. The molecule has 0 saturated heterocycles. The van der Waals surface area contributed by atoms with Gasteiger partial charge in [0, 0.05) is 23.8 Å². The third-order valence-corrected chi connectivity index (χ3v) is 5.82. The number of hydrogen-bond acceptors (Lipinski definition) is 5. The fourth-order valence-electron chi connectivity index (χ4n) is 3.25. The van der Waals surface area contributed by atoms with Gasteiger partial charge in [0.1, 0.15) is 10.6 Å². The Hall–Kier alpha value is -3.59. The van der Waals surface area contributed by atoms with E-state index in [2.05, 4.69) is 20.4 Å². The van der Waals surface area contributed by atoms with Gasteiger partial charge in [-0.25, -0.2) is 0 Å². The van der Waals surface area contributed by atoms with Crippen molar-refractivity contribution < 1.29 is 22.7 Å². The molecule has 1 amide bonds. The van der Waals surface area contributed by atoms with Crippen molar-refractivity contribution in [2.45, 2.75) is 19.8 Å². The fraction of sp³-hybridized carbons (Fsp3) is 0.130. The zero-order chi connectivity index (χ0) is 22.7. The van der Waals surface area contributed by atoms with E-state index in [-0.39, 0.29) is 11.7 Å². The zero-order valence-corrected chi connectivity index (χ0v) is 17.7. The van der Waals surface area contributed by atoms with Gasteiger partial charge in [-0.15, -0.1) is 24.5 Å². The maximum absolute atomic E-state index is 12.8. The molecule has 0 saturated carbocycles. The van der Waals surface area contributed by atoms with Gasteiger partial charge in [0.2, 0.25) is 0 Å². The van der Waals surface area contributed by atoms with E-state index in [1.54, 1.807) is 6.20 Å². The van der Waals surface area contributed by atoms with Crippen molar-refractivity contribution in [1.82, 2.24) is 4.98 Å². The van der Waals surface area contributed by atoms with Crippen molar-refractivity contribution in [1.29, 1.82) is 0 Å². The highest BCUT2D eigenvalue weighted by molar-refractivity contribution is 7.13. The van der Waals surface area contributed by atoms with Crippen LogP contribution >= 0.6 is 11.3 Å². The fourth-order valence-corrected chi connectivity index (χ4v) is 4.17. The number of anilines is 2. The number of amides is 1. The van der Waals surface area contributed by atoms with Gasteiger partial charge < -0.3 is 15.4 Å². The molecule has 0 aliphatic heterocycles. The topological polar surface area (TPSA) is 63.2 Å². The van der Waals surface area contributed by atoms with E-state index < -0.39 is 6.36 Å². The molecule has 0 aliphatic rings. The Balaban J connectivity index is 1.48. The zero-order valence-electron chi connectivity index (χ0n) is 16.9. The summed E-state index contributed by atoms with van der Waals surface area (Å²) in [5, 5.41) is 8.97. The van der Waals surface area contributed by atoms with Crippen molar-refractivity contribution in [3.63, 3.8) is 0 Å². The van der Waals surface area contributed by atoms with Crippen LogP contribution in [0.1, 0.15) is 20.8 Å². The van der Waals surface area contributed by atoms with Crippen molar-refractivity contribution >= 4 is 39.5 Å². The number of alkyl halides is 3. The van der Waals surface area contributed by atoms with Gasteiger partial charge in [0.15, 0.2) is 0 Å². The minimum absolute atomic E-state index is 0.352.